The Kier molecular flexibility index (Phi) is 9.63. The highest BCUT2D eigenvalue weighted by atomic mass is 127. The first kappa shape index (κ1) is 24.2. The third kappa shape index (κ3) is 7.01. The highest BCUT2D eigenvalue weighted by Crippen LogP contribution is 2.24. The summed E-state index contributed by atoms with van der Waals surface area (Å²) in [6.07, 6.45) is 1.05. The molecule has 1 aliphatic heterocycles. The van der Waals surface area contributed by atoms with E-state index < -0.39 is 0 Å². The molecule has 1 atom stereocenters. The van der Waals surface area contributed by atoms with Crippen molar-refractivity contribution in [3.05, 3.63) is 35.5 Å². The maximum Gasteiger partial charge on any atom is 0.248 e. The van der Waals surface area contributed by atoms with Crippen molar-refractivity contribution < 1.29 is 14.0 Å². The van der Waals surface area contributed by atoms with Crippen LogP contribution in [0.25, 0.3) is 0 Å². The second kappa shape index (κ2) is 11.9. The molecule has 0 radical (unpaired) electrons. The number of rotatable bonds is 8. The molecule has 0 saturated carbocycles. The molecule has 0 bridgehead atoms. The summed E-state index contributed by atoms with van der Waals surface area (Å²) in [4.78, 5) is 11.2. The molecule has 1 aromatic heterocycles. The number of methoxy groups -OCH3 is 2. The van der Waals surface area contributed by atoms with E-state index in [0.717, 1.165) is 50.1 Å². The largest absolute Gasteiger partial charge is 0.497 e. The van der Waals surface area contributed by atoms with Gasteiger partial charge in [0.2, 0.25) is 5.89 Å². The minimum Gasteiger partial charge on any atom is -0.497 e. The number of likely N-dealkylation sites (tertiary alicyclic amines) is 1. The summed E-state index contributed by atoms with van der Waals surface area (Å²) < 4.78 is 15.9. The van der Waals surface area contributed by atoms with E-state index in [2.05, 4.69) is 42.8 Å². The topological polar surface area (TPSA) is 97.0 Å². The van der Waals surface area contributed by atoms with Gasteiger partial charge in [-0.25, -0.2) is 4.99 Å². The Morgan fingerprint density at radius 2 is 2.00 bits per heavy atom. The van der Waals surface area contributed by atoms with Crippen molar-refractivity contribution >= 4 is 29.9 Å². The SMILES string of the molecule is CCNC(=NCc1nc(C)no1)NC1CCN(Cc2cc(OC)cc(OC)c2)C1.I. The Morgan fingerprint density at radius 1 is 1.27 bits per heavy atom. The van der Waals surface area contributed by atoms with Crippen LogP contribution in [0.4, 0.5) is 0 Å². The van der Waals surface area contributed by atoms with E-state index in [4.69, 9.17) is 14.0 Å². The molecular formula is C20H31IN6O3. The molecule has 30 heavy (non-hydrogen) atoms. The molecule has 1 saturated heterocycles. The number of ether oxygens (including phenoxy) is 2. The van der Waals surface area contributed by atoms with Crippen LogP contribution in [0.2, 0.25) is 0 Å². The number of guanidine groups is 1. The molecule has 9 nitrogen and oxygen atoms in total. The quantitative estimate of drug-likeness (QED) is 0.305. The van der Waals surface area contributed by atoms with Gasteiger partial charge in [-0.15, -0.1) is 24.0 Å². The van der Waals surface area contributed by atoms with Crippen LogP contribution in [0.5, 0.6) is 11.5 Å². The molecular weight excluding hydrogens is 499 g/mol. The standard InChI is InChI=1S/C20H30N6O3.HI/c1-5-21-20(22-11-19-23-14(2)25-29-19)24-16-6-7-26(13-16)12-15-8-17(27-3)10-18(9-15)28-4;/h8-10,16H,5-7,11-13H2,1-4H3,(H2,21,22,24);1H. The lowest BCUT2D eigenvalue weighted by molar-refractivity contribution is 0.321. The fraction of sp³-hybridized carbons (Fsp3) is 0.550. The normalized spacial score (nSPS) is 16.8. The third-order valence-corrected chi connectivity index (χ3v) is 4.72. The molecule has 0 spiro atoms. The second-order valence-corrected chi connectivity index (χ2v) is 7.02. The Balaban J connectivity index is 0.00000320. The lowest BCUT2D eigenvalue weighted by Gasteiger charge is -2.19. The van der Waals surface area contributed by atoms with Crippen molar-refractivity contribution in [1.29, 1.82) is 0 Å². The number of nitrogens with zero attached hydrogens (tertiary/aromatic N) is 4. The smallest absolute Gasteiger partial charge is 0.248 e. The fourth-order valence-electron chi connectivity index (χ4n) is 3.37. The number of halogens is 1. The van der Waals surface area contributed by atoms with Gasteiger partial charge in [-0.2, -0.15) is 4.98 Å². The number of aromatic nitrogens is 2. The van der Waals surface area contributed by atoms with Crippen LogP contribution in [0.15, 0.2) is 27.7 Å². The van der Waals surface area contributed by atoms with Crippen LogP contribution >= 0.6 is 24.0 Å². The van der Waals surface area contributed by atoms with Crippen molar-refractivity contribution in [3.8, 4) is 11.5 Å². The summed E-state index contributed by atoms with van der Waals surface area (Å²) in [5.74, 6) is 3.52. The second-order valence-electron chi connectivity index (χ2n) is 7.02. The van der Waals surface area contributed by atoms with E-state index in [1.54, 1.807) is 21.1 Å². The van der Waals surface area contributed by atoms with Crippen LogP contribution < -0.4 is 20.1 Å². The predicted octanol–water partition coefficient (Wildman–Crippen LogP) is 2.34. The van der Waals surface area contributed by atoms with Crippen molar-refractivity contribution in [3.63, 3.8) is 0 Å². The Labute approximate surface area is 194 Å². The zero-order chi connectivity index (χ0) is 20.6. The van der Waals surface area contributed by atoms with Crippen molar-refractivity contribution in [2.45, 2.75) is 39.4 Å². The molecule has 2 heterocycles. The van der Waals surface area contributed by atoms with E-state index in [-0.39, 0.29) is 24.0 Å². The molecule has 3 rings (SSSR count). The minimum absolute atomic E-state index is 0. The average Bonchev–Trinajstić information content (AvgIpc) is 3.34. The molecule has 1 unspecified atom stereocenters. The first-order valence-electron chi connectivity index (χ1n) is 9.88. The molecule has 2 aromatic rings. The summed E-state index contributed by atoms with van der Waals surface area (Å²) in [6, 6.07) is 6.33. The lowest BCUT2D eigenvalue weighted by Crippen LogP contribution is -2.44. The van der Waals surface area contributed by atoms with Crippen molar-refractivity contribution in [2.75, 3.05) is 33.9 Å². The van der Waals surface area contributed by atoms with Gasteiger partial charge in [-0.3, -0.25) is 4.90 Å². The number of hydrogen-bond donors (Lipinski definition) is 2. The van der Waals surface area contributed by atoms with Gasteiger partial charge in [0, 0.05) is 38.3 Å². The van der Waals surface area contributed by atoms with E-state index in [9.17, 15) is 0 Å². The van der Waals surface area contributed by atoms with Gasteiger partial charge in [0.1, 0.15) is 18.0 Å². The molecule has 0 aliphatic carbocycles. The number of aliphatic imine (C=N–C) groups is 1. The number of hydrogen-bond acceptors (Lipinski definition) is 7. The summed E-state index contributed by atoms with van der Waals surface area (Å²) >= 11 is 0. The van der Waals surface area contributed by atoms with Crippen LogP contribution in [-0.2, 0) is 13.1 Å². The number of nitrogens with one attached hydrogen (secondary N) is 2. The molecule has 10 heteroatoms. The van der Waals surface area contributed by atoms with Crippen LogP contribution in [-0.4, -0.2) is 60.9 Å². The molecule has 1 aliphatic rings. The lowest BCUT2D eigenvalue weighted by atomic mass is 10.2. The Morgan fingerprint density at radius 3 is 2.60 bits per heavy atom. The van der Waals surface area contributed by atoms with Gasteiger partial charge < -0.3 is 24.6 Å². The average molecular weight is 530 g/mol. The maximum absolute atomic E-state index is 5.38. The minimum atomic E-state index is 0. The fourth-order valence-corrected chi connectivity index (χ4v) is 3.37. The van der Waals surface area contributed by atoms with E-state index in [0.29, 0.717) is 24.3 Å². The summed E-state index contributed by atoms with van der Waals surface area (Å²) in [5, 5.41) is 10.6. The maximum atomic E-state index is 5.38. The third-order valence-electron chi connectivity index (χ3n) is 4.72. The van der Waals surface area contributed by atoms with Gasteiger partial charge in [0.15, 0.2) is 11.8 Å². The molecule has 2 N–H and O–H groups in total. The van der Waals surface area contributed by atoms with E-state index in [1.807, 2.05) is 13.0 Å². The predicted molar refractivity (Wildman–Crippen MR) is 126 cm³/mol. The van der Waals surface area contributed by atoms with Gasteiger partial charge in [0.25, 0.3) is 0 Å². The van der Waals surface area contributed by atoms with E-state index in [1.165, 1.54) is 5.56 Å². The Bertz CT molecular complexity index is 806. The summed E-state index contributed by atoms with van der Waals surface area (Å²) in [7, 11) is 3.34. The Hall–Kier alpha value is -2.08. The highest BCUT2D eigenvalue weighted by Gasteiger charge is 2.23. The van der Waals surface area contributed by atoms with Crippen molar-refractivity contribution in [1.82, 2.24) is 25.7 Å². The molecule has 1 aromatic carbocycles. The van der Waals surface area contributed by atoms with Crippen molar-refractivity contribution in [2.24, 2.45) is 4.99 Å². The molecule has 166 valence electrons. The van der Waals surface area contributed by atoms with Crippen LogP contribution in [0.1, 0.15) is 30.6 Å². The number of aryl methyl sites for hydroxylation is 1. The van der Waals surface area contributed by atoms with Crippen LogP contribution in [0.3, 0.4) is 0 Å². The monoisotopic (exact) mass is 530 g/mol. The zero-order valence-corrected chi connectivity index (χ0v) is 20.3. The van der Waals surface area contributed by atoms with Crippen LogP contribution in [0, 0.1) is 6.92 Å². The van der Waals surface area contributed by atoms with Gasteiger partial charge in [0.05, 0.1) is 14.2 Å². The molecule has 1 fully saturated rings. The summed E-state index contributed by atoms with van der Waals surface area (Å²) in [5.41, 5.74) is 1.18. The first-order valence-corrected chi connectivity index (χ1v) is 9.88. The van der Waals surface area contributed by atoms with Gasteiger partial charge >= 0.3 is 0 Å². The van der Waals surface area contributed by atoms with Gasteiger partial charge in [-0.05, 0) is 38.0 Å². The van der Waals surface area contributed by atoms with E-state index >= 15 is 0 Å². The van der Waals surface area contributed by atoms with Gasteiger partial charge in [-0.1, -0.05) is 5.16 Å². The summed E-state index contributed by atoms with van der Waals surface area (Å²) in [6.45, 7) is 7.78. The highest BCUT2D eigenvalue weighted by molar-refractivity contribution is 14.0. The molecule has 0 amide bonds. The first-order chi connectivity index (χ1) is 14.1. The zero-order valence-electron chi connectivity index (χ0n) is 18.0. The number of benzene rings is 1.